The number of amides is 1. The summed E-state index contributed by atoms with van der Waals surface area (Å²) < 4.78 is 5.33. The third kappa shape index (κ3) is 3.90. The summed E-state index contributed by atoms with van der Waals surface area (Å²) in [7, 11) is 1.57. The van der Waals surface area contributed by atoms with Crippen LogP contribution in [0.25, 0.3) is 5.76 Å². The maximum absolute atomic E-state index is 13.0. The van der Waals surface area contributed by atoms with Gasteiger partial charge in [0.15, 0.2) is 0 Å². The monoisotopic (exact) mass is 393 g/mol. The molecule has 5 heteroatoms. The van der Waals surface area contributed by atoms with Crippen LogP contribution < -0.4 is 4.74 Å². The minimum atomic E-state index is -0.646. The largest absolute Gasteiger partial charge is 0.507 e. The van der Waals surface area contributed by atoms with Crippen LogP contribution in [-0.4, -0.2) is 35.4 Å². The lowest BCUT2D eigenvalue weighted by molar-refractivity contribution is -0.139. The lowest BCUT2D eigenvalue weighted by atomic mass is 9.93. The molecule has 2 aromatic carbocycles. The minimum absolute atomic E-state index is 0.128. The standard InChI is InChI=1S/C24H27NO4/c1-5-6-12-25-21(17-8-7-9-18(14-17)29-4)20(23(27)24(25)28)22(26)19-13-15(2)10-11-16(19)3/h7-11,13-14,21,26H,5-6,12H2,1-4H3/b22-20+. The van der Waals surface area contributed by atoms with E-state index in [4.69, 9.17) is 4.74 Å². The quantitative estimate of drug-likeness (QED) is 0.445. The number of methoxy groups -OCH3 is 1. The Balaban J connectivity index is 2.22. The number of hydrogen-bond acceptors (Lipinski definition) is 4. The Morgan fingerprint density at radius 1 is 1.14 bits per heavy atom. The second-order valence-electron chi connectivity index (χ2n) is 7.44. The summed E-state index contributed by atoms with van der Waals surface area (Å²) in [6.45, 7) is 6.29. The number of likely N-dealkylation sites (tertiary alicyclic amines) is 1. The van der Waals surface area contributed by atoms with Gasteiger partial charge < -0.3 is 14.7 Å². The highest BCUT2D eigenvalue weighted by Gasteiger charge is 2.45. The van der Waals surface area contributed by atoms with Crippen LogP contribution in [0.1, 0.15) is 48.1 Å². The van der Waals surface area contributed by atoms with Crippen molar-refractivity contribution < 1.29 is 19.4 Å². The molecular weight excluding hydrogens is 366 g/mol. The number of aryl methyl sites for hydroxylation is 2. The van der Waals surface area contributed by atoms with Gasteiger partial charge in [-0.05, 0) is 49.6 Å². The number of benzene rings is 2. The number of aliphatic hydroxyl groups is 1. The zero-order chi connectivity index (χ0) is 21.1. The summed E-state index contributed by atoms with van der Waals surface area (Å²) in [5, 5.41) is 11.2. The molecule has 1 atom stereocenters. The third-order valence-corrected chi connectivity index (χ3v) is 5.35. The molecular formula is C24H27NO4. The number of unbranched alkanes of at least 4 members (excludes halogenated alkanes) is 1. The lowest BCUT2D eigenvalue weighted by Crippen LogP contribution is -2.30. The van der Waals surface area contributed by atoms with Crippen LogP contribution in [0, 0.1) is 13.8 Å². The van der Waals surface area contributed by atoms with E-state index in [2.05, 4.69) is 0 Å². The number of ketones is 1. The van der Waals surface area contributed by atoms with E-state index in [-0.39, 0.29) is 11.3 Å². The highest BCUT2D eigenvalue weighted by Crippen LogP contribution is 2.40. The molecule has 0 spiro atoms. The Morgan fingerprint density at radius 3 is 2.59 bits per heavy atom. The molecule has 0 radical (unpaired) electrons. The van der Waals surface area contributed by atoms with E-state index in [1.807, 2.05) is 63.2 Å². The third-order valence-electron chi connectivity index (χ3n) is 5.35. The molecule has 152 valence electrons. The van der Waals surface area contributed by atoms with Crippen molar-refractivity contribution in [2.45, 2.75) is 39.7 Å². The van der Waals surface area contributed by atoms with Gasteiger partial charge in [0, 0.05) is 12.1 Å². The Bertz CT molecular complexity index is 977. The molecule has 0 saturated carbocycles. The predicted octanol–water partition coefficient (Wildman–Crippen LogP) is 4.53. The molecule has 1 aliphatic rings. The van der Waals surface area contributed by atoms with Gasteiger partial charge in [-0.3, -0.25) is 9.59 Å². The van der Waals surface area contributed by atoms with Gasteiger partial charge in [0.05, 0.1) is 18.7 Å². The molecule has 29 heavy (non-hydrogen) atoms. The van der Waals surface area contributed by atoms with E-state index in [0.29, 0.717) is 17.9 Å². The van der Waals surface area contributed by atoms with Crippen LogP contribution in [-0.2, 0) is 9.59 Å². The number of Topliss-reactive ketones (excluding diaryl/α,β-unsaturated/α-hetero) is 1. The maximum atomic E-state index is 13.0. The van der Waals surface area contributed by atoms with Gasteiger partial charge in [0.25, 0.3) is 11.7 Å². The Hall–Kier alpha value is -3.08. The number of hydrogen-bond donors (Lipinski definition) is 1. The fourth-order valence-electron chi connectivity index (χ4n) is 3.73. The van der Waals surface area contributed by atoms with Crippen LogP contribution >= 0.6 is 0 Å². The molecule has 1 amide bonds. The average molecular weight is 393 g/mol. The molecule has 0 aliphatic carbocycles. The molecule has 1 fully saturated rings. The second kappa shape index (κ2) is 8.52. The fraction of sp³-hybridized carbons (Fsp3) is 0.333. The normalized spacial score (nSPS) is 18.3. The van der Waals surface area contributed by atoms with E-state index in [1.54, 1.807) is 12.0 Å². The maximum Gasteiger partial charge on any atom is 0.295 e. The summed E-state index contributed by atoms with van der Waals surface area (Å²) >= 11 is 0. The van der Waals surface area contributed by atoms with Gasteiger partial charge in [-0.15, -0.1) is 0 Å². The van der Waals surface area contributed by atoms with E-state index < -0.39 is 17.7 Å². The zero-order valence-corrected chi connectivity index (χ0v) is 17.4. The molecule has 1 unspecified atom stereocenters. The van der Waals surface area contributed by atoms with Crippen molar-refractivity contribution in [3.8, 4) is 5.75 Å². The van der Waals surface area contributed by atoms with Gasteiger partial charge in [-0.1, -0.05) is 43.2 Å². The fourth-order valence-corrected chi connectivity index (χ4v) is 3.73. The first-order chi connectivity index (χ1) is 13.9. The molecule has 0 bridgehead atoms. The van der Waals surface area contributed by atoms with Crippen LogP contribution in [0.15, 0.2) is 48.0 Å². The minimum Gasteiger partial charge on any atom is -0.507 e. The highest BCUT2D eigenvalue weighted by molar-refractivity contribution is 6.46. The van der Waals surface area contributed by atoms with E-state index in [0.717, 1.165) is 29.5 Å². The molecule has 1 N–H and O–H groups in total. The number of rotatable bonds is 6. The first-order valence-electron chi connectivity index (χ1n) is 9.89. The van der Waals surface area contributed by atoms with Gasteiger partial charge >= 0.3 is 0 Å². The molecule has 1 saturated heterocycles. The summed E-state index contributed by atoms with van der Waals surface area (Å²) in [6, 6.07) is 12.4. The van der Waals surface area contributed by atoms with Crippen LogP contribution in [0.2, 0.25) is 0 Å². The SMILES string of the molecule is CCCCN1C(=O)C(=O)/C(=C(/O)c2cc(C)ccc2C)C1c1cccc(OC)c1. The smallest absolute Gasteiger partial charge is 0.295 e. The van der Waals surface area contributed by atoms with Crippen molar-refractivity contribution in [2.24, 2.45) is 0 Å². The molecule has 5 nitrogen and oxygen atoms in total. The first-order valence-corrected chi connectivity index (χ1v) is 9.89. The molecule has 0 aromatic heterocycles. The van der Waals surface area contributed by atoms with E-state index in [1.165, 1.54) is 0 Å². The zero-order valence-electron chi connectivity index (χ0n) is 17.4. The second-order valence-corrected chi connectivity index (χ2v) is 7.44. The van der Waals surface area contributed by atoms with Crippen molar-refractivity contribution in [3.05, 3.63) is 70.3 Å². The Morgan fingerprint density at radius 2 is 1.90 bits per heavy atom. The Kier molecular flexibility index (Phi) is 6.06. The summed E-state index contributed by atoms with van der Waals surface area (Å²) in [4.78, 5) is 27.4. The van der Waals surface area contributed by atoms with Gasteiger partial charge in [0.1, 0.15) is 11.5 Å². The highest BCUT2D eigenvalue weighted by atomic mass is 16.5. The molecule has 2 aromatic rings. The Labute approximate surface area is 171 Å². The number of nitrogens with zero attached hydrogens (tertiary/aromatic N) is 1. The summed E-state index contributed by atoms with van der Waals surface area (Å²) in [5.74, 6) is -0.711. The topological polar surface area (TPSA) is 66.8 Å². The molecule has 1 aliphatic heterocycles. The average Bonchev–Trinajstić information content (AvgIpc) is 2.98. The number of carbonyl (C=O) groups is 2. The van der Waals surface area contributed by atoms with E-state index >= 15 is 0 Å². The van der Waals surface area contributed by atoms with Crippen LogP contribution in [0.5, 0.6) is 5.75 Å². The van der Waals surface area contributed by atoms with Crippen molar-refractivity contribution >= 4 is 17.4 Å². The van der Waals surface area contributed by atoms with Crippen molar-refractivity contribution in [1.29, 1.82) is 0 Å². The number of ether oxygens (including phenoxy) is 1. The predicted molar refractivity (Wildman–Crippen MR) is 113 cm³/mol. The number of aliphatic hydroxyl groups excluding tert-OH is 1. The van der Waals surface area contributed by atoms with Crippen LogP contribution in [0.4, 0.5) is 0 Å². The van der Waals surface area contributed by atoms with Crippen molar-refractivity contribution in [1.82, 2.24) is 4.90 Å². The summed E-state index contributed by atoms with van der Waals surface area (Å²) in [5.41, 5.74) is 3.26. The molecule has 1 heterocycles. The molecule has 3 rings (SSSR count). The van der Waals surface area contributed by atoms with Gasteiger partial charge in [0.2, 0.25) is 0 Å². The van der Waals surface area contributed by atoms with Crippen molar-refractivity contribution in [3.63, 3.8) is 0 Å². The number of carbonyl (C=O) groups excluding carboxylic acids is 2. The van der Waals surface area contributed by atoms with Gasteiger partial charge in [-0.25, -0.2) is 0 Å². The first kappa shape index (κ1) is 20.6. The van der Waals surface area contributed by atoms with Gasteiger partial charge in [-0.2, -0.15) is 0 Å². The summed E-state index contributed by atoms with van der Waals surface area (Å²) in [6.07, 6.45) is 1.67. The van der Waals surface area contributed by atoms with Crippen LogP contribution in [0.3, 0.4) is 0 Å². The van der Waals surface area contributed by atoms with Crippen molar-refractivity contribution in [2.75, 3.05) is 13.7 Å². The lowest BCUT2D eigenvalue weighted by Gasteiger charge is -2.25. The van der Waals surface area contributed by atoms with E-state index in [9.17, 15) is 14.7 Å².